The molecule has 3 amide bonds. The molecule has 2 rings (SSSR count). The van der Waals surface area contributed by atoms with Crippen LogP contribution in [0.1, 0.15) is 24.4 Å². The molecule has 2 atom stereocenters. The zero-order chi connectivity index (χ0) is 14.4. The van der Waals surface area contributed by atoms with Crippen LogP contribution in [0.5, 0.6) is 0 Å². The highest BCUT2D eigenvalue weighted by Gasteiger charge is 2.27. The first-order valence-corrected chi connectivity index (χ1v) is 6.77. The molecule has 1 aliphatic rings. The first-order valence-electron chi connectivity index (χ1n) is 6.77. The van der Waals surface area contributed by atoms with Gasteiger partial charge in [0, 0.05) is 12.2 Å². The molecule has 108 valence electrons. The third kappa shape index (κ3) is 4.04. The molecule has 0 bridgehead atoms. The lowest BCUT2D eigenvalue weighted by molar-refractivity contribution is -0.688. The van der Waals surface area contributed by atoms with E-state index in [2.05, 4.69) is 5.32 Å². The van der Waals surface area contributed by atoms with Gasteiger partial charge in [-0.15, -0.1) is 0 Å². The van der Waals surface area contributed by atoms with Crippen molar-refractivity contribution in [3.8, 4) is 0 Å². The summed E-state index contributed by atoms with van der Waals surface area (Å²) in [5.74, 6) is -0.401. The number of hydrogen-bond donors (Lipinski definition) is 3. The molecular weight excluding hydrogens is 258 g/mol. The minimum absolute atomic E-state index is 0.169. The average molecular weight is 278 g/mol. The number of rotatable bonds is 5. The van der Waals surface area contributed by atoms with Crippen LogP contribution in [0.3, 0.4) is 0 Å². The van der Waals surface area contributed by atoms with Crippen molar-refractivity contribution >= 4 is 11.9 Å². The summed E-state index contributed by atoms with van der Waals surface area (Å²) in [4.78, 5) is 22.9. The number of carbonyl (C=O) groups is 2. The molecule has 6 nitrogen and oxygen atoms in total. The molecule has 1 fully saturated rings. The average Bonchev–Trinajstić information content (AvgIpc) is 2.92. The van der Waals surface area contributed by atoms with Crippen molar-refractivity contribution in [2.24, 2.45) is 5.73 Å². The Hall–Kier alpha value is -1.92. The predicted octanol–water partition coefficient (Wildman–Crippen LogP) is -0.335. The fourth-order valence-electron chi connectivity index (χ4n) is 2.37. The van der Waals surface area contributed by atoms with E-state index in [-0.39, 0.29) is 6.10 Å². The van der Waals surface area contributed by atoms with Crippen LogP contribution in [0.15, 0.2) is 30.3 Å². The number of hydrogen-bond acceptors (Lipinski definition) is 3. The van der Waals surface area contributed by atoms with Gasteiger partial charge in [-0.25, -0.2) is 4.79 Å². The zero-order valence-electron chi connectivity index (χ0n) is 11.2. The monoisotopic (exact) mass is 278 g/mol. The number of urea groups is 1. The van der Waals surface area contributed by atoms with Gasteiger partial charge in [-0.3, -0.25) is 10.1 Å². The Labute approximate surface area is 117 Å². The third-order valence-corrected chi connectivity index (χ3v) is 3.35. The van der Waals surface area contributed by atoms with Gasteiger partial charge in [0.2, 0.25) is 0 Å². The fourth-order valence-corrected chi connectivity index (χ4v) is 2.37. The number of amides is 3. The Bertz CT molecular complexity index is 458. The van der Waals surface area contributed by atoms with Crippen LogP contribution in [0.2, 0.25) is 0 Å². The van der Waals surface area contributed by atoms with E-state index in [0.29, 0.717) is 6.54 Å². The highest BCUT2D eigenvalue weighted by atomic mass is 16.5. The second kappa shape index (κ2) is 7.02. The van der Waals surface area contributed by atoms with E-state index < -0.39 is 18.0 Å². The number of primary amides is 1. The first-order chi connectivity index (χ1) is 9.66. The van der Waals surface area contributed by atoms with Gasteiger partial charge in [0.25, 0.3) is 5.91 Å². The second-order valence-corrected chi connectivity index (χ2v) is 4.85. The highest BCUT2D eigenvalue weighted by molar-refractivity contribution is 5.96. The van der Waals surface area contributed by atoms with E-state index in [4.69, 9.17) is 10.5 Å². The molecule has 0 unspecified atom stereocenters. The summed E-state index contributed by atoms with van der Waals surface area (Å²) < 4.78 is 5.55. The summed E-state index contributed by atoms with van der Waals surface area (Å²) in [6.45, 7) is 1.47. The third-order valence-electron chi connectivity index (χ3n) is 3.35. The van der Waals surface area contributed by atoms with Gasteiger partial charge in [-0.2, -0.15) is 0 Å². The van der Waals surface area contributed by atoms with Crippen LogP contribution in [0.25, 0.3) is 0 Å². The maximum absolute atomic E-state index is 12.1. The number of nitrogens with one attached hydrogen (secondary N) is 1. The summed E-state index contributed by atoms with van der Waals surface area (Å²) in [6.07, 6.45) is 2.24. The van der Waals surface area contributed by atoms with Crippen molar-refractivity contribution in [2.45, 2.75) is 25.0 Å². The van der Waals surface area contributed by atoms with Gasteiger partial charge < -0.3 is 15.8 Å². The number of nitrogens with two attached hydrogens (primary N) is 2. The molecule has 1 saturated heterocycles. The number of imide groups is 1. The summed E-state index contributed by atoms with van der Waals surface area (Å²) in [6, 6.07) is 8.00. The van der Waals surface area contributed by atoms with E-state index in [1.54, 1.807) is 0 Å². The van der Waals surface area contributed by atoms with Crippen molar-refractivity contribution in [3.05, 3.63) is 35.9 Å². The molecule has 1 aliphatic heterocycles. The van der Waals surface area contributed by atoms with Crippen LogP contribution < -0.4 is 16.4 Å². The quantitative estimate of drug-likeness (QED) is 0.687. The van der Waals surface area contributed by atoms with E-state index in [9.17, 15) is 9.59 Å². The molecule has 1 aromatic rings. The summed E-state index contributed by atoms with van der Waals surface area (Å²) >= 11 is 0. The van der Waals surface area contributed by atoms with Gasteiger partial charge in [0.1, 0.15) is 12.6 Å². The minimum Gasteiger partial charge on any atom is -0.372 e. The van der Waals surface area contributed by atoms with E-state index in [1.165, 1.54) is 0 Å². The van der Waals surface area contributed by atoms with E-state index >= 15 is 0 Å². The standard InChI is InChI=1S/C14H19N3O3/c15-14(19)17-13(18)12(10-5-2-1-3-6-10)16-9-11-7-4-8-20-11/h1-3,5-6,11-12,16H,4,7-9H2,(H3,15,17,18,19)/p+1/t11-,12-/m1/s1. The van der Waals surface area contributed by atoms with Gasteiger partial charge in [0.15, 0.2) is 6.04 Å². The minimum atomic E-state index is -0.832. The number of quaternary nitrogens is 1. The molecule has 0 aliphatic carbocycles. The topological polar surface area (TPSA) is 98.0 Å². The molecule has 0 aromatic heterocycles. The largest absolute Gasteiger partial charge is 0.372 e. The Morgan fingerprint density at radius 3 is 2.75 bits per heavy atom. The van der Waals surface area contributed by atoms with Gasteiger partial charge >= 0.3 is 6.03 Å². The molecule has 0 radical (unpaired) electrons. The Kier molecular flexibility index (Phi) is 5.09. The van der Waals surface area contributed by atoms with Gasteiger partial charge in [-0.1, -0.05) is 30.3 Å². The molecule has 20 heavy (non-hydrogen) atoms. The molecule has 5 N–H and O–H groups in total. The van der Waals surface area contributed by atoms with Crippen LogP contribution >= 0.6 is 0 Å². The number of carbonyl (C=O) groups excluding carboxylic acids is 2. The van der Waals surface area contributed by atoms with Crippen LogP contribution in [0, 0.1) is 0 Å². The maximum Gasteiger partial charge on any atom is 0.319 e. The summed E-state index contributed by atoms with van der Waals surface area (Å²) in [5, 5.41) is 4.04. The summed E-state index contributed by atoms with van der Waals surface area (Å²) in [5.41, 5.74) is 5.86. The Morgan fingerprint density at radius 2 is 2.15 bits per heavy atom. The second-order valence-electron chi connectivity index (χ2n) is 4.85. The lowest BCUT2D eigenvalue weighted by Gasteiger charge is -2.16. The van der Waals surface area contributed by atoms with Crippen molar-refractivity contribution in [3.63, 3.8) is 0 Å². The van der Waals surface area contributed by atoms with Crippen LogP contribution in [-0.2, 0) is 9.53 Å². The fraction of sp³-hybridized carbons (Fsp3) is 0.429. The zero-order valence-corrected chi connectivity index (χ0v) is 11.2. The molecule has 0 saturated carbocycles. The normalized spacial score (nSPS) is 19.5. The van der Waals surface area contributed by atoms with E-state index in [1.807, 2.05) is 35.6 Å². The van der Waals surface area contributed by atoms with Crippen LogP contribution in [-0.4, -0.2) is 31.2 Å². The first kappa shape index (κ1) is 14.5. The molecule has 1 heterocycles. The highest BCUT2D eigenvalue weighted by Crippen LogP contribution is 2.11. The van der Waals surface area contributed by atoms with Gasteiger partial charge in [-0.05, 0) is 12.8 Å². The molecular formula is C14H20N3O3+. The van der Waals surface area contributed by atoms with Crippen molar-refractivity contribution < 1.29 is 19.6 Å². The van der Waals surface area contributed by atoms with Crippen molar-refractivity contribution in [1.29, 1.82) is 0 Å². The number of benzene rings is 1. The lowest BCUT2D eigenvalue weighted by Crippen LogP contribution is -2.89. The summed E-state index contributed by atoms with van der Waals surface area (Å²) in [7, 11) is 0. The van der Waals surface area contributed by atoms with Crippen molar-refractivity contribution in [1.82, 2.24) is 5.32 Å². The number of ether oxygens (including phenoxy) is 1. The SMILES string of the molecule is NC(=O)NC(=O)[C@H]([NH2+]C[C@H]1CCCO1)c1ccccc1. The lowest BCUT2D eigenvalue weighted by atomic mass is 10.1. The van der Waals surface area contributed by atoms with Gasteiger partial charge in [0.05, 0.1) is 0 Å². The molecule has 0 spiro atoms. The molecule has 6 heteroatoms. The molecule has 1 aromatic carbocycles. The van der Waals surface area contributed by atoms with Crippen molar-refractivity contribution in [2.75, 3.05) is 13.2 Å². The maximum atomic E-state index is 12.1. The van der Waals surface area contributed by atoms with Crippen LogP contribution in [0.4, 0.5) is 4.79 Å². The Morgan fingerprint density at radius 1 is 1.40 bits per heavy atom. The predicted molar refractivity (Wildman–Crippen MR) is 72.7 cm³/mol. The smallest absolute Gasteiger partial charge is 0.319 e. The van der Waals surface area contributed by atoms with E-state index in [0.717, 1.165) is 25.0 Å². The Balaban J connectivity index is 2.03.